The van der Waals surface area contributed by atoms with Crippen LogP contribution in [0.5, 0.6) is 0 Å². The van der Waals surface area contributed by atoms with Crippen molar-refractivity contribution in [2.75, 3.05) is 26.4 Å². The van der Waals surface area contributed by atoms with E-state index in [2.05, 4.69) is 0 Å². The molecule has 142 valence electrons. The van der Waals surface area contributed by atoms with Gasteiger partial charge in [-0.1, -0.05) is 27.2 Å². The molecule has 0 spiro atoms. The Morgan fingerprint density at radius 1 is 0.696 bits per heavy atom. The highest BCUT2D eigenvalue weighted by molar-refractivity contribution is 4.84. The van der Waals surface area contributed by atoms with Gasteiger partial charge < -0.3 is 25.5 Å². The number of unbranched alkanes of at least 4 members (excludes halogenated alkanes) is 2. The van der Waals surface area contributed by atoms with Crippen molar-refractivity contribution in [3.63, 3.8) is 0 Å². The molecule has 0 aromatic carbocycles. The van der Waals surface area contributed by atoms with Gasteiger partial charge in [0, 0.05) is 26.4 Å². The number of hydrogen-bond donors (Lipinski definition) is 5. The Kier molecular flexibility index (Phi) is 18.1. The van der Waals surface area contributed by atoms with Crippen LogP contribution in [-0.2, 0) is 0 Å². The topological polar surface area (TPSA) is 101 Å². The van der Waals surface area contributed by atoms with Crippen LogP contribution in [0, 0.1) is 11.8 Å². The molecule has 0 bridgehead atoms. The predicted molar refractivity (Wildman–Crippen MR) is 94.2 cm³/mol. The Morgan fingerprint density at radius 3 is 1.57 bits per heavy atom. The maximum Gasteiger partial charge on any atom is 0.0674 e. The summed E-state index contributed by atoms with van der Waals surface area (Å²) in [6.45, 7) is 6.75. The van der Waals surface area contributed by atoms with E-state index in [1.807, 2.05) is 20.8 Å². The molecule has 0 aromatic heterocycles. The second kappa shape index (κ2) is 16.7. The van der Waals surface area contributed by atoms with Gasteiger partial charge in [0.25, 0.3) is 0 Å². The molecule has 23 heavy (non-hydrogen) atoms. The number of aliphatic hydroxyl groups excluding tert-OH is 4. The second-order valence-corrected chi connectivity index (χ2v) is 6.81. The number of rotatable bonds is 13. The zero-order valence-corrected chi connectivity index (χ0v) is 15.4. The predicted octanol–water partition coefficient (Wildman–Crippen LogP) is 2.09. The molecule has 0 rings (SSSR count). The van der Waals surface area contributed by atoms with Gasteiger partial charge in [0.15, 0.2) is 0 Å². The van der Waals surface area contributed by atoms with Crippen LogP contribution in [-0.4, -0.2) is 57.6 Å². The van der Waals surface area contributed by atoms with E-state index in [1.54, 1.807) is 0 Å². The van der Waals surface area contributed by atoms with Crippen molar-refractivity contribution >= 4 is 0 Å². The number of hydrogen-bond acceptors (Lipinski definition) is 5. The largest absolute Gasteiger partial charge is 0.396 e. The molecule has 0 fully saturated rings. The van der Waals surface area contributed by atoms with Gasteiger partial charge in [0.05, 0.1) is 5.60 Å². The quantitative estimate of drug-likeness (QED) is 0.332. The third kappa shape index (κ3) is 15.1. The Morgan fingerprint density at radius 2 is 1.13 bits per heavy atom. The van der Waals surface area contributed by atoms with Crippen molar-refractivity contribution in [2.24, 2.45) is 11.8 Å². The first-order valence-corrected chi connectivity index (χ1v) is 9.03. The van der Waals surface area contributed by atoms with Crippen LogP contribution in [0.15, 0.2) is 0 Å². The van der Waals surface area contributed by atoms with Crippen LogP contribution < -0.4 is 0 Å². The molecular formula is C18H40O5. The molecule has 0 aliphatic carbocycles. The molecule has 0 saturated carbocycles. The van der Waals surface area contributed by atoms with Gasteiger partial charge >= 0.3 is 0 Å². The molecule has 0 aliphatic heterocycles. The average Bonchev–Trinajstić information content (AvgIpc) is 2.53. The van der Waals surface area contributed by atoms with E-state index >= 15 is 0 Å². The van der Waals surface area contributed by atoms with E-state index in [0.717, 1.165) is 25.7 Å². The lowest BCUT2D eigenvalue weighted by Crippen LogP contribution is -2.37. The summed E-state index contributed by atoms with van der Waals surface area (Å²) < 4.78 is 0. The zero-order valence-electron chi connectivity index (χ0n) is 15.4. The summed E-state index contributed by atoms with van der Waals surface area (Å²) in [5, 5.41) is 45.3. The summed E-state index contributed by atoms with van der Waals surface area (Å²) in [5.41, 5.74) is -0.743. The fourth-order valence-electron chi connectivity index (χ4n) is 2.38. The van der Waals surface area contributed by atoms with E-state index in [-0.39, 0.29) is 25.7 Å². The minimum Gasteiger partial charge on any atom is -0.396 e. The summed E-state index contributed by atoms with van der Waals surface area (Å²) in [4.78, 5) is 0. The van der Waals surface area contributed by atoms with Crippen LogP contribution in [0.2, 0.25) is 0 Å². The van der Waals surface area contributed by atoms with E-state index in [9.17, 15) is 5.11 Å². The SMILES string of the molecule is CC(C)CO.CC(CCCCO)C(O)(CCCO)CCCCO. The fourth-order valence-corrected chi connectivity index (χ4v) is 2.38. The first kappa shape index (κ1) is 25.0. The molecule has 0 amide bonds. The highest BCUT2D eigenvalue weighted by Gasteiger charge is 2.31. The lowest BCUT2D eigenvalue weighted by Gasteiger charge is -2.34. The molecule has 5 N–H and O–H groups in total. The van der Waals surface area contributed by atoms with E-state index in [0.29, 0.717) is 38.2 Å². The van der Waals surface area contributed by atoms with Gasteiger partial charge in [-0.25, -0.2) is 0 Å². The first-order valence-electron chi connectivity index (χ1n) is 9.03. The average molecular weight is 337 g/mol. The summed E-state index contributed by atoms with van der Waals surface area (Å²) in [7, 11) is 0. The minimum atomic E-state index is -0.743. The molecule has 2 atom stereocenters. The van der Waals surface area contributed by atoms with Crippen LogP contribution in [0.4, 0.5) is 0 Å². The van der Waals surface area contributed by atoms with Crippen LogP contribution >= 0.6 is 0 Å². The molecule has 0 heterocycles. The van der Waals surface area contributed by atoms with Gasteiger partial charge in [-0.15, -0.1) is 0 Å². The first-order chi connectivity index (χ1) is 10.9. The monoisotopic (exact) mass is 336 g/mol. The maximum atomic E-state index is 10.7. The van der Waals surface area contributed by atoms with Crippen LogP contribution in [0.1, 0.15) is 72.1 Å². The zero-order chi connectivity index (χ0) is 18.1. The molecule has 2 unspecified atom stereocenters. The molecule has 0 saturated heterocycles. The van der Waals surface area contributed by atoms with Gasteiger partial charge in [0.2, 0.25) is 0 Å². The highest BCUT2D eigenvalue weighted by atomic mass is 16.3. The third-order valence-electron chi connectivity index (χ3n) is 4.11. The second-order valence-electron chi connectivity index (χ2n) is 6.81. The van der Waals surface area contributed by atoms with Gasteiger partial charge in [0.1, 0.15) is 0 Å². The Hall–Kier alpha value is -0.200. The molecule has 0 radical (unpaired) electrons. The van der Waals surface area contributed by atoms with Crippen molar-refractivity contribution < 1.29 is 25.5 Å². The summed E-state index contributed by atoms with van der Waals surface area (Å²) in [5.74, 6) is 0.601. The minimum absolute atomic E-state index is 0.103. The molecule has 5 heteroatoms. The Labute approximate surface area is 142 Å². The van der Waals surface area contributed by atoms with E-state index in [4.69, 9.17) is 20.4 Å². The summed E-state index contributed by atoms with van der Waals surface area (Å²) >= 11 is 0. The van der Waals surface area contributed by atoms with Crippen LogP contribution in [0.3, 0.4) is 0 Å². The Balaban J connectivity index is 0. The normalized spacial score (nSPS) is 15.0. The van der Waals surface area contributed by atoms with Crippen molar-refractivity contribution in [1.82, 2.24) is 0 Å². The molecule has 0 aliphatic rings. The van der Waals surface area contributed by atoms with Crippen molar-refractivity contribution in [2.45, 2.75) is 77.7 Å². The lowest BCUT2D eigenvalue weighted by atomic mass is 9.78. The lowest BCUT2D eigenvalue weighted by molar-refractivity contribution is -0.0379. The van der Waals surface area contributed by atoms with Crippen molar-refractivity contribution in [1.29, 1.82) is 0 Å². The summed E-state index contributed by atoms with van der Waals surface area (Å²) in [6, 6.07) is 0. The van der Waals surface area contributed by atoms with Crippen molar-refractivity contribution in [3.8, 4) is 0 Å². The smallest absolute Gasteiger partial charge is 0.0674 e. The van der Waals surface area contributed by atoms with Crippen LogP contribution in [0.25, 0.3) is 0 Å². The third-order valence-corrected chi connectivity index (χ3v) is 4.11. The molecule has 5 nitrogen and oxygen atoms in total. The Bertz CT molecular complexity index is 235. The van der Waals surface area contributed by atoms with Gasteiger partial charge in [-0.2, -0.15) is 0 Å². The molecule has 0 aromatic rings. The van der Waals surface area contributed by atoms with Gasteiger partial charge in [-0.3, -0.25) is 0 Å². The summed E-state index contributed by atoms with van der Waals surface area (Å²) in [6.07, 6.45) is 5.99. The fraction of sp³-hybridized carbons (Fsp3) is 1.00. The number of aliphatic hydroxyl groups is 5. The van der Waals surface area contributed by atoms with E-state index < -0.39 is 5.60 Å². The maximum absolute atomic E-state index is 10.7. The highest BCUT2D eigenvalue weighted by Crippen LogP contribution is 2.32. The standard InChI is InChI=1S/C14H30O4.C4H10O/c1-13(7-2-4-10-15)14(18,9-6-12-17)8-3-5-11-16;1-4(2)3-5/h13,15-18H,2-12H2,1H3;4-5H,3H2,1-2H3. The van der Waals surface area contributed by atoms with E-state index in [1.165, 1.54) is 0 Å². The van der Waals surface area contributed by atoms with Crippen molar-refractivity contribution in [3.05, 3.63) is 0 Å². The van der Waals surface area contributed by atoms with Gasteiger partial charge in [-0.05, 0) is 56.8 Å². The molecular weight excluding hydrogens is 296 g/mol.